The number of nitrogens with two attached hydrogens (primary N) is 1. The third kappa shape index (κ3) is 4.90. The average Bonchev–Trinajstić information content (AvgIpc) is 3.17. The second kappa shape index (κ2) is 9.41. The first-order valence-electron chi connectivity index (χ1n) is 11.1. The van der Waals surface area contributed by atoms with Crippen LogP contribution in [0, 0.1) is 11.6 Å². The van der Waals surface area contributed by atoms with E-state index in [-0.39, 0.29) is 16.9 Å². The molecule has 3 heterocycles. The van der Waals surface area contributed by atoms with Crippen molar-refractivity contribution in [1.82, 2.24) is 9.88 Å². The van der Waals surface area contributed by atoms with Crippen molar-refractivity contribution in [2.75, 3.05) is 37.7 Å². The fourth-order valence-corrected chi connectivity index (χ4v) is 4.45. The Kier molecular flexibility index (Phi) is 6.75. The Morgan fingerprint density at radius 2 is 1.92 bits per heavy atom. The molecule has 0 saturated carbocycles. The molecule has 0 aliphatic carbocycles. The molecule has 14 heteroatoms. The van der Waals surface area contributed by atoms with Crippen LogP contribution < -0.4 is 20.7 Å². The number of halogens is 5. The van der Waals surface area contributed by atoms with Crippen molar-refractivity contribution in [3.05, 3.63) is 47.2 Å². The molecule has 3 atom stereocenters. The summed E-state index contributed by atoms with van der Waals surface area (Å²) in [6.07, 6.45) is -7.41. The lowest BCUT2D eigenvalue weighted by Crippen LogP contribution is -2.53. The van der Waals surface area contributed by atoms with Gasteiger partial charge in [0.05, 0.1) is 20.4 Å². The van der Waals surface area contributed by atoms with E-state index in [0.29, 0.717) is 19.2 Å². The standard InChI is InChI=1S/C23H24F5N5O4/c1-22(23(26,27)28)8-13(12-4-5-14(24)17(25)18(12)36-3)19(37-22)21(35)30-11-6-15(20(29)34)31-16(7-11)33-9-32(2)10-33/h4-7,13,19H,8-10H2,1-3H3,(H2,29,34)(H,30,31,35)/t13-,19+,22+/m0/s1. The summed E-state index contributed by atoms with van der Waals surface area (Å²) in [6, 6.07) is 4.41. The number of ether oxygens (including phenoxy) is 2. The van der Waals surface area contributed by atoms with Crippen molar-refractivity contribution in [3.63, 3.8) is 0 Å². The molecule has 3 N–H and O–H groups in total. The van der Waals surface area contributed by atoms with E-state index in [4.69, 9.17) is 15.2 Å². The summed E-state index contributed by atoms with van der Waals surface area (Å²) in [5, 5.41) is 2.46. The topological polar surface area (TPSA) is 110 Å². The van der Waals surface area contributed by atoms with E-state index in [1.807, 2.05) is 11.9 Å². The Bertz CT molecular complexity index is 1240. The van der Waals surface area contributed by atoms with Gasteiger partial charge in [-0.1, -0.05) is 6.07 Å². The fraction of sp³-hybridized carbons (Fsp3) is 0.435. The number of amides is 2. The van der Waals surface area contributed by atoms with Crippen LogP contribution in [0.3, 0.4) is 0 Å². The van der Waals surface area contributed by atoms with E-state index < -0.39 is 59.4 Å². The Morgan fingerprint density at radius 3 is 2.49 bits per heavy atom. The monoisotopic (exact) mass is 529 g/mol. The molecule has 200 valence electrons. The highest BCUT2D eigenvalue weighted by molar-refractivity contribution is 5.98. The van der Waals surface area contributed by atoms with Gasteiger partial charge in [-0.3, -0.25) is 14.5 Å². The maximum Gasteiger partial charge on any atom is 0.417 e. The lowest BCUT2D eigenvalue weighted by Gasteiger charge is -2.40. The number of nitrogens with one attached hydrogen (secondary N) is 1. The normalized spacial score (nSPS) is 24.1. The first-order chi connectivity index (χ1) is 17.2. The van der Waals surface area contributed by atoms with Gasteiger partial charge in [0.15, 0.2) is 17.2 Å². The van der Waals surface area contributed by atoms with Gasteiger partial charge >= 0.3 is 6.18 Å². The predicted molar refractivity (Wildman–Crippen MR) is 121 cm³/mol. The minimum Gasteiger partial charge on any atom is -0.493 e. The molecule has 1 aromatic carbocycles. The molecule has 2 amide bonds. The molecule has 2 saturated heterocycles. The summed E-state index contributed by atoms with van der Waals surface area (Å²) in [7, 11) is 2.88. The molecule has 0 bridgehead atoms. The molecule has 2 aliphatic heterocycles. The van der Waals surface area contributed by atoms with E-state index in [1.54, 1.807) is 4.90 Å². The largest absolute Gasteiger partial charge is 0.493 e. The van der Waals surface area contributed by atoms with Gasteiger partial charge in [-0.05, 0) is 32.5 Å². The van der Waals surface area contributed by atoms with Crippen LogP contribution in [0.4, 0.5) is 33.5 Å². The first-order valence-corrected chi connectivity index (χ1v) is 11.1. The van der Waals surface area contributed by atoms with Crippen LogP contribution in [0.15, 0.2) is 24.3 Å². The van der Waals surface area contributed by atoms with Crippen molar-refractivity contribution >= 4 is 23.3 Å². The average molecular weight is 529 g/mol. The predicted octanol–water partition coefficient (Wildman–Crippen LogP) is 2.97. The number of rotatable bonds is 6. The number of nitrogens with zero attached hydrogens (tertiary/aromatic N) is 3. The summed E-state index contributed by atoms with van der Waals surface area (Å²) in [6.45, 7) is 1.74. The molecule has 9 nitrogen and oxygen atoms in total. The number of hydrogen-bond acceptors (Lipinski definition) is 7. The van der Waals surface area contributed by atoms with E-state index in [9.17, 15) is 31.5 Å². The maximum atomic E-state index is 14.4. The summed E-state index contributed by atoms with van der Waals surface area (Å²) in [5.74, 6) is -6.20. The van der Waals surface area contributed by atoms with E-state index in [2.05, 4.69) is 10.3 Å². The number of benzene rings is 1. The summed E-state index contributed by atoms with van der Waals surface area (Å²) < 4.78 is 80.0. The van der Waals surface area contributed by atoms with Gasteiger partial charge in [0.25, 0.3) is 11.8 Å². The Balaban J connectivity index is 1.70. The molecule has 37 heavy (non-hydrogen) atoms. The number of anilines is 2. The molecular formula is C23H24F5N5O4. The number of pyridine rings is 1. The van der Waals surface area contributed by atoms with Crippen molar-refractivity contribution in [2.24, 2.45) is 5.73 Å². The molecule has 0 spiro atoms. The van der Waals surface area contributed by atoms with E-state index >= 15 is 0 Å². The lowest BCUT2D eigenvalue weighted by molar-refractivity contribution is -0.261. The van der Waals surface area contributed by atoms with Crippen LogP contribution in [-0.4, -0.2) is 67.1 Å². The van der Waals surface area contributed by atoms with Crippen LogP contribution in [-0.2, 0) is 9.53 Å². The Labute approximate surface area is 208 Å². The van der Waals surface area contributed by atoms with Gasteiger partial charge in [0, 0.05) is 23.2 Å². The highest BCUT2D eigenvalue weighted by atomic mass is 19.4. The van der Waals surface area contributed by atoms with Gasteiger partial charge in [-0.15, -0.1) is 0 Å². The molecule has 1 aromatic heterocycles. The van der Waals surface area contributed by atoms with Crippen LogP contribution in [0.5, 0.6) is 5.75 Å². The number of primary amides is 1. The highest BCUT2D eigenvalue weighted by Gasteiger charge is 2.61. The lowest BCUT2D eigenvalue weighted by atomic mass is 9.85. The van der Waals surface area contributed by atoms with Gasteiger partial charge in [-0.25, -0.2) is 9.37 Å². The molecule has 0 radical (unpaired) electrons. The SMILES string of the molecule is COc1c([C@@H]2C[C@](C)(C(F)(F)F)O[C@H]2C(=O)Nc2cc(C(N)=O)nc(N3CN(C)C3)c2)ccc(F)c1F. The first kappa shape index (κ1) is 26.5. The quantitative estimate of drug-likeness (QED) is 0.554. The van der Waals surface area contributed by atoms with Crippen LogP contribution >= 0.6 is 0 Å². The van der Waals surface area contributed by atoms with Gasteiger partial charge in [0.1, 0.15) is 17.6 Å². The van der Waals surface area contributed by atoms with Crippen molar-refractivity contribution in [3.8, 4) is 5.75 Å². The van der Waals surface area contributed by atoms with Crippen molar-refractivity contribution in [2.45, 2.75) is 37.1 Å². The molecule has 4 rings (SSSR count). The Morgan fingerprint density at radius 1 is 1.24 bits per heavy atom. The zero-order valence-corrected chi connectivity index (χ0v) is 20.0. The van der Waals surface area contributed by atoms with Crippen LogP contribution in [0.2, 0.25) is 0 Å². The minimum absolute atomic E-state index is 0.0403. The highest BCUT2D eigenvalue weighted by Crippen LogP contribution is 2.51. The number of carbonyl (C=O) groups is 2. The zero-order valence-electron chi connectivity index (χ0n) is 20.0. The number of methoxy groups -OCH3 is 1. The molecule has 2 aromatic rings. The van der Waals surface area contributed by atoms with Gasteiger partial charge in [0.2, 0.25) is 5.82 Å². The maximum absolute atomic E-state index is 14.4. The van der Waals surface area contributed by atoms with Crippen LogP contribution in [0.1, 0.15) is 35.3 Å². The third-order valence-electron chi connectivity index (χ3n) is 6.38. The van der Waals surface area contributed by atoms with Gasteiger partial charge < -0.3 is 25.4 Å². The summed E-state index contributed by atoms with van der Waals surface area (Å²) in [4.78, 5) is 32.9. The van der Waals surface area contributed by atoms with E-state index in [1.165, 1.54) is 12.1 Å². The second-order valence-electron chi connectivity index (χ2n) is 9.19. The molecular weight excluding hydrogens is 505 g/mol. The number of alkyl halides is 3. The molecule has 2 aliphatic rings. The smallest absolute Gasteiger partial charge is 0.417 e. The molecule has 0 unspecified atom stereocenters. The van der Waals surface area contributed by atoms with Gasteiger partial charge in [-0.2, -0.15) is 17.6 Å². The second-order valence-corrected chi connectivity index (χ2v) is 9.19. The van der Waals surface area contributed by atoms with Crippen molar-refractivity contribution in [1.29, 1.82) is 0 Å². The summed E-state index contributed by atoms with van der Waals surface area (Å²) in [5.41, 5.74) is 2.30. The molecule has 2 fully saturated rings. The minimum atomic E-state index is -4.88. The van der Waals surface area contributed by atoms with Crippen molar-refractivity contribution < 1.29 is 41.0 Å². The number of carbonyl (C=O) groups excluding carboxylic acids is 2. The number of hydrogen-bond donors (Lipinski definition) is 2. The Hall–Kier alpha value is -3.52. The van der Waals surface area contributed by atoms with E-state index in [0.717, 1.165) is 26.2 Å². The zero-order chi connectivity index (χ0) is 27.3. The number of aromatic nitrogens is 1. The fourth-order valence-electron chi connectivity index (χ4n) is 4.45. The summed E-state index contributed by atoms with van der Waals surface area (Å²) >= 11 is 0. The van der Waals surface area contributed by atoms with Crippen LogP contribution in [0.25, 0.3) is 0 Å². The third-order valence-corrected chi connectivity index (χ3v) is 6.38.